The number of hydrogen-bond donors (Lipinski definition) is 0. The summed E-state index contributed by atoms with van der Waals surface area (Å²) >= 11 is 0. The highest BCUT2D eigenvalue weighted by Gasteiger charge is 2.55. The number of esters is 2. The van der Waals surface area contributed by atoms with Crippen LogP contribution in [0.4, 0.5) is 0 Å². The molecule has 5 atom stereocenters. The van der Waals surface area contributed by atoms with Crippen molar-refractivity contribution in [2.24, 2.45) is 29.6 Å². The zero-order valence-electron chi connectivity index (χ0n) is 12.6. The lowest BCUT2D eigenvalue weighted by Crippen LogP contribution is -2.43. The first-order chi connectivity index (χ1) is 10.0. The minimum Gasteiger partial charge on any atom is -0.393 e. The van der Waals surface area contributed by atoms with Gasteiger partial charge in [-0.15, -0.1) is 0 Å². The van der Waals surface area contributed by atoms with Gasteiger partial charge >= 0.3 is 11.9 Å². The van der Waals surface area contributed by atoms with Crippen LogP contribution in [0.3, 0.4) is 0 Å². The van der Waals surface area contributed by atoms with Crippen molar-refractivity contribution in [2.45, 2.75) is 26.2 Å². The molecule has 118 valence electrons. The highest BCUT2D eigenvalue weighted by molar-refractivity contribution is 5.97. The Bertz CT molecular complexity index is 405. The highest BCUT2D eigenvalue weighted by atomic mass is 16.6. The molecule has 1 aliphatic heterocycles. The Morgan fingerprint density at radius 1 is 1.19 bits per heavy atom. The van der Waals surface area contributed by atoms with Crippen LogP contribution in [0, 0.1) is 29.6 Å². The molecule has 2 rings (SSSR count). The molecule has 6 heteroatoms. The van der Waals surface area contributed by atoms with Crippen molar-refractivity contribution in [3.05, 3.63) is 0 Å². The predicted octanol–water partition coefficient (Wildman–Crippen LogP) is 1.01. The van der Waals surface area contributed by atoms with Gasteiger partial charge in [-0.25, -0.2) is 0 Å². The average Bonchev–Trinajstić information content (AvgIpc) is 2.74. The molecule has 5 unspecified atom stereocenters. The molecular formula is C15H22O6. The van der Waals surface area contributed by atoms with E-state index in [0.717, 1.165) is 19.0 Å². The molecule has 1 saturated heterocycles. The third-order valence-corrected chi connectivity index (χ3v) is 4.14. The number of carbonyl (C=O) groups excluding carboxylic acids is 4. The number of ether oxygens (including phenoxy) is 2. The Kier molecular flexibility index (Phi) is 6.68. The van der Waals surface area contributed by atoms with E-state index >= 15 is 0 Å². The van der Waals surface area contributed by atoms with Gasteiger partial charge in [0.15, 0.2) is 0 Å². The van der Waals surface area contributed by atoms with Crippen LogP contribution >= 0.6 is 0 Å². The van der Waals surface area contributed by atoms with Crippen LogP contribution < -0.4 is 0 Å². The Hall–Kier alpha value is -1.56. The smallest absolute Gasteiger partial charge is 0.317 e. The van der Waals surface area contributed by atoms with E-state index in [1.807, 2.05) is 6.92 Å². The molecule has 0 amide bonds. The van der Waals surface area contributed by atoms with E-state index in [2.05, 4.69) is 9.47 Å². The molecule has 0 aromatic rings. The van der Waals surface area contributed by atoms with Crippen LogP contribution in [0.25, 0.3) is 0 Å². The van der Waals surface area contributed by atoms with E-state index in [0.29, 0.717) is 6.42 Å². The van der Waals surface area contributed by atoms with E-state index in [-0.39, 0.29) is 12.3 Å². The number of cyclic esters (lactones) is 2. The van der Waals surface area contributed by atoms with Gasteiger partial charge in [0, 0.05) is 26.1 Å². The van der Waals surface area contributed by atoms with Crippen molar-refractivity contribution in [3.8, 4) is 0 Å². The normalized spacial score (nSPS) is 34.3. The molecule has 6 nitrogen and oxygen atoms in total. The van der Waals surface area contributed by atoms with Crippen molar-refractivity contribution in [1.29, 1.82) is 0 Å². The Labute approximate surface area is 124 Å². The van der Waals surface area contributed by atoms with Gasteiger partial charge in [-0.05, 0) is 18.8 Å². The van der Waals surface area contributed by atoms with Crippen LogP contribution in [0.2, 0.25) is 0 Å². The van der Waals surface area contributed by atoms with Gasteiger partial charge in [-0.2, -0.15) is 0 Å². The standard InChI is InChI=1S/C13H16O5.C2H6O/c1-2-3-8-10(6-15)7(5-14)4-9-11(8)13(17)18-12(9)16;1-3-2/h5-11H,2-4H2,1H3;1-2H3. The Morgan fingerprint density at radius 3 is 2.29 bits per heavy atom. The molecular weight excluding hydrogens is 276 g/mol. The highest BCUT2D eigenvalue weighted by Crippen LogP contribution is 2.47. The van der Waals surface area contributed by atoms with Gasteiger partial charge in [0.25, 0.3) is 0 Å². The lowest BCUT2D eigenvalue weighted by atomic mass is 9.62. The predicted molar refractivity (Wildman–Crippen MR) is 73.1 cm³/mol. The summed E-state index contributed by atoms with van der Waals surface area (Å²) in [6, 6.07) is 0. The summed E-state index contributed by atoms with van der Waals surface area (Å²) in [6.07, 6.45) is 3.19. The molecule has 1 heterocycles. The third-order valence-electron chi connectivity index (χ3n) is 4.14. The molecule has 1 saturated carbocycles. The summed E-state index contributed by atoms with van der Waals surface area (Å²) < 4.78 is 8.91. The van der Waals surface area contributed by atoms with Crippen molar-refractivity contribution in [2.75, 3.05) is 14.2 Å². The Balaban J connectivity index is 0.000000677. The first-order valence-electron chi connectivity index (χ1n) is 7.11. The maximum Gasteiger partial charge on any atom is 0.317 e. The number of fused-ring (bicyclic) bond motifs is 1. The van der Waals surface area contributed by atoms with Crippen molar-refractivity contribution < 1.29 is 28.7 Å². The maximum atomic E-state index is 11.7. The number of hydrogen-bond acceptors (Lipinski definition) is 6. The number of carbonyl (C=O) groups is 4. The van der Waals surface area contributed by atoms with Gasteiger partial charge in [-0.1, -0.05) is 13.3 Å². The van der Waals surface area contributed by atoms with E-state index in [1.165, 1.54) is 0 Å². The fraction of sp³-hybridized carbons (Fsp3) is 0.733. The van der Waals surface area contributed by atoms with Crippen LogP contribution in [-0.4, -0.2) is 38.7 Å². The van der Waals surface area contributed by atoms with Gasteiger partial charge in [0.2, 0.25) is 0 Å². The van der Waals surface area contributed by atoms with Gasteiger partial charge in [0.05, 0.1) is 11.8 Å². The molecule has 0 N–H and O–H groups in total. The third kappa shape index (κ3) is 3.56. The maximum absolute atomic E-state index is 11.7. The van der Waals surface area contributed by atoms with E-state index < -0.39 is 35.6 Å². The van der Waals surface area contributed by atoms with E-state index in [1.54, 1.807) is 14.2 Å². The lowest BCUT2D eigenvalue weighted by molar-refractivity contribution is -0.154. The van der Waals surface area contributed by atoms with Crippen LogP contribution in [-0.2, 0) is 28.7 Å². The van der Waals surface area contributed by atoms with Crippen molar-refractivity contribution in [1.82, 2.24) is 0 Å². The van der Waals surface area contributed by atoms with Gasteiger partial charge in [0.1, 0.15) is 12.6 Å². The fourth-order valence-corrected chi connectivity index (χ4v) is 3.33. The second-order valence-corrected chi connectivity index (χ2v) is 5.48. The Morgan fingerprint density at radius 2 is 1.81 bits per heavy atom. The molecule has 2 fully saturated rings. The summed E-state index contributed by atoms with van der Waals surface area (Å²) in [4.78, 5) is 45.5. The second-order valence-electron chi connectivity index (χ2n) is 5.48. The summed E-state index contributed by atoms with van der Waals surface area (Å²) in [7, 11) is 3.25. The zero-order chi connectivity index (χ0) is 16.0. The molecule has 0 bridgehead atoms. The molecule has 1 aliphatic carbocycles. The first-order valence-corrected chi connectivity index (χ1v) is 7.11. The number of rotatable bonds is 4. The molecule has 0 spiro atoms. The van der Waals surface area contributed by atoms with Crippen molar-refractivity contribution in [3.63, 3.8) is 0 Å². The lowest BCUT2D eigenvalue weighted by Gasteiger charge is -2.37. The fourth-order valence-electron chi connectivity index (χ4n) is 3.33. The van der Waals surface area contributed by atoms with Crippen LogP contribution in [0.15, 0.2) is 0 Å². The second kappa shape index (κ2) is 8.02. The van der Waals surface area contributed by atoms with Gasteiger partial charge in [-0.3, -0.25) is 9.59 Å². The largest absolute Gasteiger partial charge is 0.393 e. The molecule has 0 aromatic carbocycles. The topological polar surface area (TPSA) is 86.7 Å². The van der Waals surface area contributed by atoms with E-state index in [9.17, 15) is 19.2 Å². The SMILES string of the molecule is CCCC1C(C=O)C(C=O)CC2C(=O)OC(=O)C21.COC. The molecule has 2 aliphatic rings. The minimum atomic E-state index is -0.541. The first kappa shape index (κ1) is 17.5. The quantitative estimate of drug-likeness (QED) is 0.437. The van der Waals surface area contributed by atoms with E-state index in [4.69, 9.17) is 0 Å². The van der Waals surface area contributed by atoms with Gasteiger partial charge < -0.3 is 19.1 Å². The summed E-state index contributed by atoms with van der Waals surface area (Å²) in [6.45, 7) is 1.95. The van der Waals surface area contributed by atoms with Crippen LogP contribution in [0.5, 0.6) is 0 Å². The zero-order valence-corrected chi connectivity index (χ0v) is 12.6. The van der Waals surface area contributed by atoms with Crippen molar-refractivity contribution >= 4 is 24.5 Å². The van der Waals surface area contributed by atoms with Crippen LogP contribution in [0.1, 0.15) is 26.2 Å². The molecule has 0 radical (unpaired) electrons. The monoisotopic (exact) mass is 298 g/mol. The number of methoxy groups -OCH3 is 1. The summed E-state index contributed by atoms with van der Waals surface area (Å²) in [5.41, 5.74) is 0. The summed E-state index contributed by atoms with van der Waals surface area (Å²) in [5, 5.41) is 0. The minimum absolute atomic E-state index is 0.250. The average molecular weight is 298 g/mol. The number of aldehydes is 2. The summed E-state index contributed by atoms with van der Waals surface area (Å²) in [5.74, 6) is -3.34. The molecule has 21 heavy (non-hydrogen) atoms. The molecule has 0 aromatic heterocycles.